The van der Waals surface area contributed by atoms with E-state index in [0.717, 1.165) is 24.8 Å². The predicted octanol–water partition coefficient (Wildman–Crippen LogP) is 2.10. The molecule has 0 amide bonds. The van der Waals surface area contributed by atoms with Gasteiger partial charge in [-0.15, -0.1) is 5.10 Å². The lowest BCUT2D eigenvalue weighted by Crippen LogP contribution is -2.21. The highest BCUT2D eigenvalue weighted by Gasteiger charge is 2.31. The SMILES string of the molecule is CCCOc1ccc(C(F)(F)F)cc1C=NN=C(N)N. The van der Waals surface area contributed by atoms with Crippen LogP contribution in [-0.2, 0) is 6.18 Å². The summed E-state index contributed by atoms with van der Waals surface area (Å²) in [5, 5.41) is 6.84. The molecular formula is C12H15F3N4O. The Hall–Kier alpha value is -2.25. The molecule has 0 spiro atoms. The third-order valence-corrected chi connectivity index (χ3v) is 2.17. The van der Waals surface area contributed by atoms with Crippen LogP contribution in [0.1, 0.15) is 24.5 Å². The smallest absolute Gasteiger partial charge is 0.416 e. The van der Waals surface area contributed by atoms with Crippen LogP contribution < -0.4 is 16.2 Å². The molecule has 1 aromatic carbocycles. The lowest BCUT2D eigenvalue weighted by Gasteiger charge is -2.11. The molecule has 0 heterocycles. The molecular weight excluding hydrogens is 273 g/mol. The van der Waals surface area contributed by atoms with Crippen molar-refractivity contribution in [3.8, 4) is 5.75 Å². The van der Waals surface area contributed by atoms with Gasteiger partial charge in [0.05, 0.1) is 18.4 Å². The first-order valence-electron chi connectivity index (χ1n) is 5.80. The number of nitrogens with two attached hydrogens (primary N) is 2. The Bertz CT molecular complexity index is 508. The molecule has 8 heteroatoms. The maximum atomic E-state index is 12.6. The summed E-state index contributed by atoms with van der Waals surface area (Å²) in [7, 11) is 0. The highest BCUT2D eigenvalue weighted by Crippen LogP contribution is 2.32. The van der Waals surface area contributed by atoms with Gasteiger partial charge in [-0.05, 0) is 24.6 Å². The zero-order valence-corrected chi connectivity index (χ0v) is 10.8. The normalized spacial score (nSPS) is 11.6. The van der Waals surface area contributed by atoms with Crippen LogP contribution in [0.25, 0.3) is 0 Å². The van der Waals surface area contributed by atoms with Crippen molar-refractivity contribution >= 4 is 12.2 Å². The molecule has 0 aromatic heterocycles. The van der Waals surface area contributed by atoms with Gasteiger partial charge >= 0.3 is 6.18 Å². The van der Waals surface area contributed by atoms with Gasteiger partial charge in [-0.1, -0.05) is 6.92 Å². The van der Waals surface area contributed by atoms with Crippen LogP contribution in [0.2, 0.25) is 0 Å². The van der Waals surface area contributed by atoms with E-state index >= 15 is 0 Å². The molecule has 110 valence electrons. The fourth-order valence-electron chi connectivity index (χ4n) is 1.33. The highest BCUT2D eigenvalue weighted by molar-refractivity contribution is 5.85. The minimum atomic E-state index is -4.44. The van der Waals surface area contributed by atoms with Crippen LogP contribution >= 0.6 is 0 Å². The summed E-state index contributed by atoms with van der Waals surface area (Å²) in [5.41, 5.74) is 9.51. The minimum absolute atomic E-state index is 0.151. The molecule has 0 unspecified atom stereocenters. The molecule has 5 nitrogen and oxygen atoms in total. The van der Waals surface area contributed by atoms with Gasteiger partial charge in [-0.3, -0.25) is 0 Å². The number of ether oxygens (including phenoxy) is 1. The van der Waals surface area contributed by atoms with E-state index in [1.807, 2.05) is 6.92 Å². The highest BCUT2D eigenvalue weighted by atomic mass is 19.4. The number of nitrogens with zero attached hydrogens (tertiary/aromatic N) is 2. The van der Waals surface area contributed by atoms with E-state index in [9.17, 15) is 13.2 Å². The average molecular weight is 288 g/mol. The van der Waals surface area contributed by atoms with Gasteiger partial charge in [0.2, 0.25) is 5.96 Å². The average Bonchev–Trinajstić information content (AvgIpc) is 2.35. The van der Waals surface area contributed by atoms with Crippen molar-refractivity contribution in [3.05, 3.63) is 29.3 Å². The number of hydrogen-bond donors (Lipinski definition) is 2. The van der Waals surface area contributed by atoms with E-state index in [-0.39, 0.29) is 17.3 Å². The molecule has 0 aliphatic rings. The number of benzene rings is 1. The molecule has 0 aliphatic carbocycles. The van der Waals surface area contributed by atoms with Gasteiger partial charge in [0.15, 0.2) is 0 Å². The van der Waals surface area contributed by atoms with Crippen molar-refractivity contribution < 1.29 is 17.9 Å². The summed E-state index contributed by atoms with van der Waals surface area (Å²) >= 11 is 0. The molecule has 0 aliphatic heterocycles. The number of rotatable bonds is 5. The molecule has 0 saturated heterocycles. The molecule has 1 rings (SSSR count). The maximum Gasteiger partial charge on any atom is 0.416 e. The Morgan fingerprint density at radius 3 is 2.60 bits per heavy atom. The van der Waals surface area contributed by atoms with E-state index < -0.39 is 11.7 Å². The maximum absolute atomic E-state index is 12.6. The molecule has 0 saturated carbocycles. The van der Waals surface area contributed by atoms with Crippen molar-refractivity contribution in [3.63, 3.8) is 0 Å². The van der Waals surface area contributed by atoms with Crippen LogP contribution in [0.3, 0.4) is 0 Å². The molecule has 0 bridgehead atoms. The van der Waals surface area contributed by atoms with E-state index in [0.29, 0.717) is 6.61 Å². The summed E-state index contributed by atoms with van der Waals surface area (Å²) in [6.45, 7) is 2.27. The largest absolute Gasteiger partial charge is 0.493 e. The summed E-state index contributed by atoms with van der Waals surface area (Å²) in [6, 6.07) is 3.12. The van der Waals surface area contributed by atoms with E-state index in [2.05, 4.69) is 10.2 Å². The number of guanidine groups is 1. The lowest BCUT2D eigenvalue weighted by atomic mass is 10.1. The minimum Gasteiger partial charge on any atom is -0.493 e. The van der Waals surface area contributed by atoms with Gasteiger partial charge < -0.3 is 16.2 Å². The fraction of sp³-hybridized carbons (Fsp3) is 0.333. The Morgan fingerprint density at radius 1 is 1.35 bits per heavy atom. The zero-order chi connectivity index (χ0) is 15.2. The molecule has 0 fully saturated rings. The molecule has 1 aromatic rings. The predicted molar refractivity (Wildman–Crippen MR) is 70.6 cm³/mol. The third kappa shape index (κ3) is 4.79. The van der Waals surface area contributed by atoms with Gasteiger partial charge in [-0.25, -0.2) is 0 Å². The van der Waals surface area contributed by atoms with Gasteiger partial charge in [-0.2, -0.15) is 18.3 Å². The first kappa shape index (κ1) is 15.8. The van der Waals surface area contributed by atoms with Crippen molar-refractivity contribution in [2.45, 2.75) is 19.5 Å². The summed E-state index contributed by atoms with van der Waals surface area (Å²) < 4.78 is 43.3. The van der Waals surface area contributed by atoms with Crippen molar-refractivity contribution in [1.29, 1.82) is 0 Å². The quantitative estimate of drug-likeness (QED) is 0.494. The lowest BCUT2D eigenvalue weighted by molar-refractivity contribution is -0.137. The van der Waals surface area contributed by atoms with Crippen LogP contribution in [0.15, 0.2) is 28.4 Å². The van der Waals surface area contributed by atoms with Gasteiger partial charge in [0, 0.05) is 5.56 Å². The standard InChI is InChI=1S/C12H15F3N4O/c1-2-5-20-10-4-3-9(12(13,14)15)6-8(10)7-18-19-11(16)17/h3-4,6-7H,2,5H2,1H3,(H4,16,17,19). The zero-order valence-electron chi connectivity index (χ0n) is 10.8. The molecule has 0 radical (unpaired) electrons. The van der Waals surface area contributed by atoms with Gasteiger partial charge in [0.1, 0.15) is 5.75 Å². The molecule has 0 atom stereocenters. The molecule has 4 N–H and O–H groups in total. The second-order valence-corrected chi connectivity index (χ2v) is 3.87. The second kappa shape index (κ2) is 6.78. The van der Waals surface area contributed by atoms with E-state index in [1.165, 1.54) is 6.07 Å². The number of halogens is 3. The Labute approximate surface area is 114 Å². The Balaban J connectivity index is 3.12. The second-order valence-electron chi connectivity index (χ2n) is 3.87. The summed E-state index contributed by atoms with van der Waals surface area (Å²) in [5.74, 6) is -0.00125. The molecule has 20 heavy (non-hydrogen) atoms. The Kier molecular flexibility index (Phi) is 5.36. The van der Waals surface area contributed by atoms with Crippen LogP contribution in [0.4, 0.5) is 13.2 Å². The van der Waals surface area contributed by atoms with Crippen molar-refractivity contribution in [2.75, 3.05) is 6.61 Å². The van der Waals surface area contributed by atoms with E-state index in [4.69, 9.17) is 16.2 Å². The monoisotopic (exact) mass is 288 g/mol. The van der Waals surface area contributed by atoms with Crippen molar-refractivity contribution in [2.24, 2.45) is 21.7 Å². The van der Waals surface area contributed by atoms with Crippen molar-refractivity contribution in [1.82, 2.24) is 0 Å². The van der Waals surface area contributed by atoms with Crippen LogP contribution in [-0.4, -0.2) is 18.8 Å². The first-order chi connectivity index (χ1) is 9.34. The number of hydrogen-bond acceptors (Lipinski definition) is 3. The number of alkyl halides is 3. The summed E-state index contributed by atoms with van der Waals surface area (Å²) in [6.07, 6.45) is -2.60. The first-order valence-corrected chi connectivity index (χ1v) is 5.80. The van der Waals surface area contributed by atoms with E-state index in [1.54, 1.807) is 0 Å². The van der Waals surface area contributed by atoms with Crippen LogP contribution in [0, 0.1) is 0 Å². The topological polar surface area (TPSA) is 86.0 Å². The van der Waals surface area contributed by atoms with Gasteiger partial charge in [0.25, 0.3) is 0 Å². The van der Waals surface area contributed by atoms with Crippen LogP contribution in [0.5, 0.6) is 5.75 Å². The Morgan fingerprint density at radius 2 is 2.05 bits per heavy atom. The third-order valence-electron chi connectivity index (χ3n) is 2.17. The summed E-state index contributed by atoms with van der Waals surface area (Å²) in [4.78, 5) is 0. The fourth-order valence-corrected chi connectivity index (χ4v) is 1.33.